The zero-order valence-electron chi connectivity index (χ0n) is 17.2. The van der Waals surface area contributed by atoms with Crippen molar-refractivity contribution in [3.05, 3.63) is 53.1 Å². The Labute approximate surface area is 175 Å². The van der Waals surface area contributed by atoms with Crippen molar-refractivity contribution in [3.8, 4) is 0 Å². The lowest BCUT2D eigenvalue weighted by Gasteiger charge is -2.22. The highest BCUT2D eigenvalue weighted by Gasteiger charge is 2.22. The van der Waals surface area contributed by atoms with Gasteiger partial charge in [0.25, 0.3) is 5.91 Å². The van der Waals surface area contributed by atoms with E-state index in [1.54, 1.807) is 23.1 Å². The average molecular weight is 414 g/mol. The lowest BCUT2D eigenvalue weighted by atomic mass is 10.1. The van der Waals surface area contributed by atoms with E-state index >= 15 is 0 Å². The van der Waals surface area contributed by atoms with Gasteiger partial charge in [0.05, 0.1) is 10.2 Å². The van der Waals surface area contributed by atoms with Crippen LogP contribution in [0.4, 0.5) is 5.13 Å². The van der Waals surface area contributed by atoms with E-state index in [2.05, 4.69) is 37.8 Å². The summed E-state index contributed by atoms with van der Waals surface area (Å²) in [5.41, 5.74) is 4.10. The number of hydrogen-bond donors (Lipinski definition) is 0. The summed E-state index contributed by atoms with van der Waals surface area (Å²) in [6.07, 6.45) is 0. The number of hydrogen-bond acceptors (Lipinski definition) is 5. The number of nitrogens with zero attached hydrogens (tertiary/aromatic N) is 3. The van der Waals surface area contributed by atoms with Gasteiger partial charge < -0.3 is 4.90 Å². The van der Waals surface area contributed by atoms with Crippen molar-refractivity contribution in [3.63, 3.8) is 0 Å². The Bertz CT molecular complexity index is 964. The number of carbonyl (C=O) groups excluding carboxylic acids is 1. The van der Waals surface area contributed by atoms with Crippen molar-refractivity contribution in [1.29, 1.82) is 0 Å². The predicted octanol–water partition coefficient (Wildman–Crippen LogP) is 5.23. The molecule has 0 aliphatic rings. The molecule has 3 rings (SSSR count). The van der Waals surface area contributed by atoms with Gasteiger partial charge in [-0.2, -0.15) is 0 Å². The molecule has 0 aliphatic carbocycles. The third-order valence-electron chi connectivity index (χ3n) is 4.73. The number of fused-ring (bicyclic) bond motifs is 1. The molecule has 6 heteroatoms. The van der Waals surface area contributed by atoms with Crippen molar-refractivity contribution in [2.24, 2.45) is 0 Å². The molecule has 1 amide bonds. The number of rotatable bonds is 7. The minimum atomic E-state index is 0.00308. The maximum absolute atomic E-state index is 13.3. The first kappa shape index (κ1) is 20.8. The molecule has 0 saturated carbocycles. The lowest BCUT2D eigenvalue weighted by molar-refractivity contribution is 0.0985. The maximum atomic E-state index is 13.3. The predicted molar refractivity (Wildman–Crippen MR) is 122 cm³/mol. The van der Waals surface area contributed by atoms with Gasteiger partial charge in [0.15, 0.2) is 5.13 Å². The zero-order valence-corrected chi connectivity index (χ0v) is 18.8. The molecule has 1 aromatic heterocycles. The summed E-state index contributed by atoms with van der Waals surface area (Å²) >= 11 is 3.36. The molecule has 0 fully saturated rings. The molecule has 0 bridgehead atoms. The molecular weight excluding hydrogens is 386 g/mol. The molecule has 0 radical (unpaired) electrons. The zero-order chi connectivity index (χ0) is 20.3. The highest BCUT2D eigenvalue weighted by molar-refractivity contribution is 7.99. The fourth-order valence-electron chi connectivity index (χ4n) is 2.93. The van der Waals surface area contributed by atoms with Gasteiger partial charge in [-0.05, 0) is 75.2 Å². The number of amides is 1. The summed E-state index contributed by atoms with van der Waals surface area (Å²) in [6.45, 7) is 7.71. The SMILES string of the molecule is CCSc1ccc(C(=O)N(CCN(C)C)c2nc3c(C)c(C)ccc3s2)cc1. The minimum absolute atomic E-state index is 0.00308. The largest absolute Gasteiger partial charge is 0.308 e. The number of anilines is 1. The van der Waals surface area contributed by atoms with Crippen molar-refractivity contribution < 1.29 is 4.79 Å². The number of likely N-dealkylation sites (N-methyl/N-ethyl adjacent to an activating group) is 1. The van der Waals surface area contributed by atoms with Gasteiger partial charge in [-0.1, -0.05) is 24.3 Å². The van der Waals surface area contributed by atoms with Gasteiger partial charge in [0.2, 0.25) is 0 Å². The van der Waals surface area contributed by atoms with Gasteiger partial charge in [-0.15, -0.1) is 11.8 Å². The third-order valence-corrected chi connectivity index (χ3v) is 6.67. The Morgan fingerprint density at radius 2 is 1.79 bits per heavy atom. The molecule has 0 N–H and O–H groups in total. The molecule has 0 spiro atoms. The summed E-state index contributed by atoms with van der Waals surface area (Å²) in [5.74, 6) is 1.02. The Kier molecular flexibility index (Phi) is 6.75. The Morgan fingerprint density at radius 1 is 1.07 bits per heavy atom. The van der Waals surface area contributed by atoms with Gasteiger partial charge in [0, 0.05) is 23.5 Å². The highest BCUT2D eigenvalue weighted by atomic mass is 32.2. The number of carbonyl (C=O) groups is 1. The first-order valence-electron chi connectivity index (χ1n) is 9.47. The van der Waals surface area contributed by atoms with Crippen LogP contribution >= 0.6 is 23.1 Å². The first-order valence-corrected chi connectivity index (χ1v) is 11.3. The van der Waals surface area contributed by atoms with E-state index in [4.69, 9.17) is 4.98 Å². The highest BCUT2D eigenvalue weighted by Crippen LogP contribution is 2.32. The van der Waals surface area contributed by atoms with Crippen LogP contribution in [0.2, 0.25) is 0 Å². The topological polar surface area (TPSA) is 36.4 Å². The van der Waals surface area contributed by atoms with Crippen LogP contribution in [-0.2, 0) is 0 Å². The average Bonchev–Trinajstić information content (AvgIpc) is 3.10. The number of aryl methyl sites for hydroxylation is 2. The van der Waals surface area contributed by atoms with Gasteiger partial charge in [0.1, 0.15) is 0 Å². The molecule has 4 nitrogen and oxygen atoms in total. The van der Waals surface area contributed by atoms with Crippen molar-refractivity contribution in [1.82, 2.24) is 9.88 Å². The van der Waals surface area contributed by atoms with Gasteiger partial charge in [-0.3, -0.25) is 9.69 Å². The second kappa shape index (κ2) is 9.07. The molecule has 28 heavy (non-hydrogen) atoms. The van der Waals surface area contributed by atoms with E-state index in [1.165, 1.54) is 16.0 Å². The molecular formula is C22H27N3OS2. The lowest BCUT2D eigenvalue weighted by Crippen LogP contribution is -2.36. The van der Waals surface area contributed by atoms with Crippen LogP contribution in [0.1, 0.15) is 28.4 Å². The van der Waals surface area contributed by atoms with E-state index in [-0.39, 0.29) is 5.91 Å². The molecule has 0 unspecified atom stereocenters. The van der Waals surface area contributed by atoms with Crippen LogP contribution in [-0.4, -0.2) is 48.7 Å². The summed E-state index contributed by atoms with van der Waals surface area (Å²) in [5, 5.41) is 0.766. The quantitative estimate of drug-likeness (QED) is 0.497. The Morgan fingerprint density at radius 3 is 2.43 bits per heavy atom. The third kappa shape index (κ3) is 4.57. The van der Waals surface area contributed by atoms with Crippen LogP contribution < -0.4 is 4.90 Å². The van der Waals surface area contributed by atoms with E-state index in [0.717, 1.165) is 27.6 Å². The fourth-order valence-corrected chi connectivity index (χ4v) is 4.64. The number of thioether (sulfide) groups is 1. The summed E-state index contributed by atoms with van der Waals surface area (Å²) < 4.78 is 1.12. The molecule has 3 aromatic rings. The summed E-state index contributed by atoms with van der Waals surface area (Å²) in [7, 11) is 4.04. The summed E-state index contributed by atoms with van der Waals surface area (Å²) in [6, 6.07) is 12.1. The normalized spacial score (nSPS) is 11.4. The van der Waals surface area contributed by atoms with Crippen LogP contribution in [0.25, 0.3) is 10.2 Å². The minimum Gasteiger partial charge on any atom is -0.308 e. The van der Waals surface area contributed by atoms with Crippen molar-refractivity contribution in [2.45, 2.75) is 25.7 Å². The maximum Gasteiger partial charge on any atom is 0.260 e. The molecule has 0 atom stereocenters. The number of thiazole rings is 1. The molecule has 148 valence electrons. The Hall–Kier alpha value is -1.89. The van der Waals surface area contributed by atoms with E-state index in [9.17, 15) is 4.79 Å². The van der Waals surface area contributed by atoms with Crippen molar-refractivity contribution in [2.75, 3.05) is 37.8 Å². The first-order chi connectivity index (χ1) is 13.4. The second-order valence-corrected chi connectivity index (χ2v) is 9.41. The second-order valence-electron chi connectivity index (χ2n) is 7.07. The summed E-state index contributed by atoms with van der Waals surface area (Å²) in [4.78, 5) is 23.3. The van der Waals surface area contributed by atoms with Crippen LogP contribution in [0, 0.1) is 13.8 Å². The number of aromatic nitrogens is 1. The van der Waals surface area contributed by atoms with E-state index < -0.39 is 0 Å². The number of benzene rings is 2. The molecule has 0 aliphatic heterocycles. The van der Waals surface area contributed by atoms with Crippen LogP contribution in [0.15, 0.2) is 41.3 Å². The van der Waals surface area contributed by atoms with Gasteiger partial charge in [-0.25, -0.2) is 4.98 Å². The Balaban J connectivity index is 1.96. The van der Waals surface area contributed by atoms with Crippen LogP contribution in [0.5, 0.6) is 0 Å². The smallest absolute Gasteiger partial charge is 0.260 e. The monoisotopic (exact) mass is 413 g/mol. The molecule has 0 saturated heterocycles. The standard InChI is InChI=1S/C22H27N3OS2/c1-6-27-18-10-8-17(9-11-18)21(26)25(14-13-24(4)5)22-23-20-16(3)15(2)7-12-19(20)28-22/h7-12H,6,13-14H2,1-5H3. The van der Waals surface area contributed by atoms with Gasteiger partial charge >= 0.3 is 0 Å². The van der Waals surface area contributed by atoms with E-state index in [1.807, 2.05) is 43.3 Å². The molecule has 2 aromatic carbocycles. The molecule has 1 heterocycles. The van der Waals surface area contributed by atoms with Crippen molar-refractivity contribution >= 4 is 44.4 Å². The van der Waals surface area contributed by atoms with E-state index in [0.29, 0.717) is 12.1 Å². The van der Waals surface area contributed by atoms with Crippen LogP contribution in [0.3, 0.4) is 0 Å². The fraction of sp³-hybridized carbons (Fsp3) is 0.364.